The summed E-state index contributed by atoms with van der Waals surface area (Å²) in [5.41, 5.74) is 3.88. The van der Waals surface area contributed by atoms with Gasteiger partial charge in [0.25, 0.3) is 0 Å². The van der Waals surface area contributed by atoms with Gasteiger partial charge in [-0.05, 0) is 22.0 Å². The molecule has 6 heteroatoms. The summed E-state index contributed by atoms with van der Waals surface area (Å²) in [6.07, 6.45) is 0. The molecule has 0 saturated heterocycles. The highest BCUT2D eigenvalue weighted by Gasteiger charge is 2.08. The molecule has 1 heterocycles. The van der Waals surface area contributed by atoms with Gasteiger partial charge >= 0.3 is 0 Å². The van der Waals surface area contributed by atoms with E-state index >= 15 is 0 Å². The van der Waals surface area contributed by atoms with E-state index in [-0.39, 0.29) is 0 Å². The fraction of sp³-hybridized carbons (Fsp3) is 0.357. The van der Waals surface area contributed by atoms with E-state index in [4.69, 9.17) is 9.47 Å². The minimum atomic E-state index is 0.483. The number of nitrogens with zero attached hydrogens (tertiary/aromatic N) is 1. The Balaban J connectivity index is 1.98. The minimum absolute atomic E-state index is 0.483. The van der Waals surface area contributed by atoms with Crippen LogP contribution in [0.5, 0.6) is 5.75 Å². The molecule has 0 aliphatic carbocycles. The van der Waals surface area contributed by atoms with Crippen molar-refractivity contribution in [2.75, 3.05) is 20.3 Å². The van der Waals surface area contributed by atoms with Crippen LogP contribution in [0.15, 0.2) is 33.6 Å². The average molecular weight is 357 g/mol. The largest absolute Gasteiger partial charge is 0.486 e. The van der Waals surface area contributed by atoms with Crippen molar-refractivity contribution in [1.82, 2.24) is 10.3 Å². The number of rotatable bonds is 8. The molecule has 1 N–H and O–H groups in total. The third-order valence-electron chi connectivity index (χ3n) is 2.69. The maximum atomic E-state index is 5.90. The van der Waals surface area contributed by atoms with Gasteiger partial charge in [-0.25, -0.2) is 4.98 Å². The molecule has 2 aromatic rings. The van der Waals surface area contributed by atoms with Gasteiger partial charge in [0.15, 0.2) is 0 Å². The van der Waals surface area contributed by atoms with E-state index in [0.29, 0.717) is 13.2 Å². The summed E-state index contributed by atoms with van der Waals surface area (Å²) in [7, 11) is 1.70. The van der Waals surface area contributed by atoms with Gasteiger partial charge in [0, 0.05) is 31.1 Å². The number of halogens is 1. The van der Waals surface area contributed by atoms with Gasteiger partial charge in [-0.1, -0.05) is 12.1 Å². The van der Waals surface area contributed by atoms with Gasteiger partial charge in [-0.15, -0.1) is 11.3 Å². The molecular formula is C14H17BrN2O2S. The molecule has 20 heavy (non-hydrogen) atoms. The van der Waals surface area contributed by atoms with Crippen molar-refractivity contribution in [1.29, 1.82) is 0 Å². The van der Waals surface area contributed by atoms with Crippen molar-refractivity contribution in [2.45, 2.75) is 13.2 Å². The van der Waals surface area contributed by atoms with Crippen molar-refractivity contribution in [2.24, 2.45) is 0 Å². The molecule has 0 amide bonds. The van der Waals surface area contributed by atoms with Gasteiger partial charge in [0.2, 0.25) is 0 Å². The molecule has 4 nitrogen and oxygen atoms in total. The molecule has 0 saturated carbocycles. The predicted molar refractivity (Wildman–Crippen MR) is 84.2 cm³/mol. The molecule has 1 aromatic heterocycles. The van der Waals surface area contributed by atoms with Crippen LogP contribution in [0.3, 0.4) is 0 Å². The lowest BCUT2D eigenvalue weighted by atomic mass is 10.2. The summed E-state index contributed by atoms with van der Waals surface area (Å²) in [6, 6.07) is 6.04. The summed E-state index contributed by atoms with van der Waals surface area (Å²) in [5, 5.41) is 5.32. The molecule has 0 fully saturated rings. The number of methoxy groups -OCH3 is 1. The lowest BCUT2D eigenvalue weighted by Gasteiger charge is -2.13. The Labute approximate surface area is 131 Å². The van der Waals surface area contributed by atoms with Crippen LogP contribution in [0.25, 0.3) is 0 Å². The Hall–Kier alpha value is -0.950. The van der Waals surface area contributed by atoms with Gasteiger partial charge in [-0.2, -0.15) is 0 Å². The van der Waals surface area contributed by atoms with E-state index in [0.717, 1.165) is 34.6 Å². The first-order valence-corrected chi connectivity index (χ1v) is 8.01. The molecule has 0 radical (unpaired) electrons. The molecule has 1 aromatic carbocycles. The Morgan fingerprint density at radius 1 is 1.40 bits per heavy atom. The van der Waals surface area contributed by atoms with Crippen LogP contribution >= 0.6 is 27.3 Å². The lowest BCUT2D eigenvalue weighted by molar-refractivity contribution is 0.199. The number of aromatic nitrogens is 1. The molecule has 0 spiro atoms. The average Bonchev–Trinajstić information content (AvgIpc) is 2.96. The Kier molecular flexibility index (Phi) is 6.46. The zero-order chi connectivity index (χ0) is 14.2. The van der Waals surface area contributed by atoms with Gasteiger partial charge in [0.1, 0.15) is 12.4 Å². The number of hydrogen-bond donors (Lipinski definition) is 1. The monoisotopic (exact) mass is 356 g/mol. The van der Waals surface area contributed by atoms with E-state index in [1.807, 2.05) is 23.0 Å². The lowest BCUT2D eigenvalue weighted by Crippen LogP contribution is -2.19. The van der Waals surface area contributed by atoms with Crippen LogP contribution < -0.4 is 10.1 Å². The SMILES string of the molecule is COCCNCc1cccc(Br)c1OCc1cscn1. The van der Waals surface area contributed by atoms with Crippen LogP contribution in [0.4, 0.5) is 0 Å². The summed E-state index contributed by atoms with van der Waals surface area (Å²) in [5.74, 6) is 0.866. The van der Waals surface area contributed by atoms with Crippen molar-refractivity contribution >= 4 is 27.3 Å². The maximum Gasteiger partial charge on any atom is 0.138 e. The fourth-order valence-corrected chi connectivity index (χ4v) is 2.77. The molecule has 0 unspecified atom stereocenters. The van der Waals surface area contributed by atoms with Crippen LogP contribution in [-0.2, 0) is 17.9 Å². The fourth-order valence-electron chi connectivity index (χ4n) is 1.71. The first-order chi connectivity index (χ1) is 9.81. The van der Waals surface area contributed by atoms with E-state index in [2.05, 4.69) is 32.3 Å². The van der Waals surface area contributed by atoms with Crippen molar-refractivity contribution in [3.63, 3.8) is 0 Å². The van der Waals surface area contributed by atoms with Gasteiger partial charge in [-0.3, -0.25) is 0 Å². The Morgan fingerprint density at radius 2 is 2.30 bits per heavy atom. The highest BCUT2D eigenvalue weighted by molar-refractivity contribution is 9.10. The second-order valence-corrected chi connectivity index (χ2v) is 5.74. The van der Waals surface area contributed by atoms with E-state index in [1.54, 1.807) is 18.4 Å². The number of benzene rings is 1. The van der Waals surface area contributed by atoms with E-state index in [9.17, 15) is 0 Å². The second kappa shape index (κ2) is 8.36. The quantitative estimate of drug-likeness (QED) is 0.737. The van der Waals surface area contributed by atoms with Crippen LogP contribution in [0.2, 0.25) is 0 Å². The Morgan fingerprint density at radius 3 is 3.05 bits per heavy atom. The molecule has 2 rings (SSSR count). The van der Waals surface area contributed by atoms with Crippen molar-refractivity contribution in [3.05, 3.63) is 44.8 Å². The summed E-state index contributed by atoms with van der Waals surface area (Å²) < 4.78 is 11.9. The molecule has 0 bridgehead atoms. The highest BCUT2D eigenvalue weighted by atomic mass is 79.9. The highest BCUT2D eigenvalue weighted by Crippen LogP contribution is 2.29. The first kappa shape index (κ1) is 15.4. The molecule has 0 atom stereocenters. The summed E-state index contributed by atoms with van der Waals surface area (Å²) in [6.45, 7) is 2.74. The first-order valence-electron chi connectivity index (χ1n) is 6.28. The standard InChI is InChI=1S/C14H17BrN2O2S/c1-18-6-5-16-7-11-3-2-4-13(15)14(11)19-8-12-9-20-10-17-12/h2-4,9-10,16H,5-8H2,1H3. The van der Waals surface area contributed by atoms with E-state index < -0.39 is 0 Å². The predicted octanol–water partition coefficient (Wildman–Crippen LogP) is 3.22. The van der Waals surface area contributed by atoms with Crippen molar-refractivity contribution in [3.8, 4) is 5.75 Å². The summed E-state index contributed by atoms with van der Waals surface area (Å²) in [4.78, 5) is 4.22. The molecule has 0 aliphatic heterocycles. The zero-order valence-electron chi connectivity index (χ0n) is 11.3. The van der Waals surface area contributed by atoms with E-state index in [1.165, 1.54) is 0 Å². The minimum Gasteiger partial charge on any atom is -0.486 e. The number of para-hydroxylation sites is 1. The molecule has 0 aliphatic rings. The molecular weight excluding hydrogens is 340 g/mol. The topological polar surface area (TPSA) is 43.4 Å². The number of nitrogens with one attached hydrogen (secondary N) is 1. The maximum absolute atomic E-state index is 5.90. The summed E-state index contributed by atoms with van der Waals surface area (Å²) >= 11 is 5.11. The van der Waals surface area contributed by atoms with Gasteiger partial charge < -0.3 is 14.8 Å². The van der Waals surface area contributed by atoms with Gasteiger partial charge in [0.05, 0.1) is 22.3 Å². The number of hydrogen-bond acceptors (Lipinski definition) is 5. The van der Waals surface area contributed by atoms with Crippen LogP contribution in [-0.4, -0.2) is 25.2 Å². The van der Waals surface area contributed by atoms with Crippen molar-refractivity contribution < 1.29 is 9.47 Å². The second-order valence-electron chi connectivity index (χ2n) is 4.17. The Bertz CT molecular complexity index is 520. The molecule has 108 valence electrons. The third-order valence-corrected chi connectivity index (χ3v) is 3.95. The number of thiazole rings is 1. The normalized spacial score (nSPS) is 10.7. The van der Waals surface area contributed by atoms with Crippen LogP contribution in [0.1, 0.15) is 11.3 Å². The third kappa shape index (κ3) is 4.56. The number of ether oxygens (including phenoxy) is 2. The zero-order valence-corrected chi connectivity index (χ0v) is 13.7. The smallest absolute Gasteiger partial charge is 0.138 e. The van der Waals surface area contributed by atoms with Crippen LogP contribution in [0, 0.1) is 0 Å².